The summed E-state index contributed by atoms with van der Waals surface area (Å²) in [6, 6.07) is 4.85. The van der Waals surface area contributed by atoms with E-state index < -0.39 is 10.0 Å². The molecule has 0 radical (unpaired) electrons. The van der Waals surface area contributed by atoms with Gasteiger partial charge in [-0.15, -0.1) is 0 Å². The van der Waals surface area contributed by atoms with Crippen molar-refractivity contribution in [2.24, 2.45) is 0 Å². The summed E-state index contributed by atoms with van der Waals surface area (Å²) in [6.45, 7) is 2.32. The van der Waals surface area contributed by atoms with Gasteiger partial charge in [-0.3, -0.25) is 4.72 Å². The minimum absolute atomic E-state index is 0.157. The average molecular weight is 324 g/mol. The van der Waals surface area contributed by atoms with Gasteiger partial charge in [0.05, 0.1) is 19.4 Å². The van der Waals surface area contributed by atoms with Crippen molar-refractivity contribution in [3.63, 3.8) is 0 Å². The number of alkyl halides is 1. The third-order valence-corrected chi connectivity index (χ3v) is 4.52. The Hall–Kier alpha value is -0.950. The van der Waals surface area contributed by atoms with Crippen molar-refractivity contribution in [2.45, 2.75) is 6.92 Å². The van der Waals surface area contributed by atoms with Crippen LogP contribution < -0.4 is 14.2 Å². The lowest BCUT2D eigenvalue weighted by Crippen LogP contribution is -2.13. The van der Waals surface area contributed by atoms with Crippen molar-refractivity contribution in [3.05, 3.63) is 18.2 Å². The molecule has 0 aliphatic rings. The van der Waals surface area contributed by atoms with E-state index in [0.717, 1.165) is 0 Å². The maximum absolute atomic E-state index is 11.4. The summed E-state index contributed by atoms with van der Waals surface area (Å²) < 4.78 is 35.4. The molecule has 5 nitrogen and oxygen atoms in total. The molecule has 96 valence electrons. The molecule has 0 aliphatic carbocycles. The van der Waals surface area contributed by atoms with Crippen LogP contribution in [-0.2, 0) is 10.0 Å². The van der Waals surface area contributed by atoms with Crippen LogP contribution in [0.25, 0.3) is 0 Å². The number of hydrogen-bond donors (Lipinski definition) is 1. The fraction of sp³-hybridized carbons (Fsp3) is 0.400. The minimum atomic E-state index is -3.35. The molecule has 0 saturated carbocycles. The molecule has 0 heterocycles. The first-order valence-corrected chi connectivity index (χ1v) is 7.67. The van der Waals surface area contributed by atoms with Crippen molar-refractivity contribution >= 4 is 31.6 Å². The van der Waals surface area contributed by atoms with Gasteiger partial charge < -0.3 is 9.47 Å². The van der Waals surface area contributed by atoms with Gasteiger partial charge in [-0.1, -0.05) is 15.9 Å². The first-order chi connectivity index (χ1) is 8.02. The van der Waals surface area contributed by atoms with Gasteiger partial charge in [0.25, 0.3) is 0 Å². The van der Waals surface area contributed by atoms with Gasteiger partial charge in [0, 0.05) is 6.07 Å². The third-order valence-electron chi connectivity index (χ3n) is 1.88. The second-order valence-corrected chi connectivity index (χ2v) is 6.15. The molecule has 1 aromatic carbocycles. The summed E-state index contributed by atoms with van der Waals surface area (Å²) in [5.41, 5.74) is 0.439. The maximum atomic E-state index is 11.4. The van der Waals surface area contributed by atoms with Crippen LogP contribution in [-0.4, -0.2) is 26.8 Å². The van der Waals surface area contributed by atoms with E-state index >= 15 is 0 Å². The SMILES string of the molecule is CCOc1cc(NS(=O)(=O)CBr)ccc1OC. The van der Waals surface area contributed by atoms with E-state index in [9.17, 15) is 8.42 Å². The molecule has 0 amide bonds. The van der Waals surface area contributed by atoms with E-state index in [2.05, 4.69) is 20.7 Å². The Bertz CT molecular complexity index is 475. The molecule has 0 spiro atoms. The van der Waals surface area contributed by atoms with Crippen LogP contribution in [0.15, 0.2) is 18.2 Å². The fourth-order valence-electron chi connectivity index (χ4n) is 1.22. The van der Waals surface area contributed by atoms with Crippen LogP contribution in [0, 0.1) is 0 Å². The number of rotatable bonds is 6. The molecule has 0 saturated heterocycles. The number of nitrogens with one attached hydrogen (secondary N) is 1. The van der Waals surface area contributed by atoms with E-state index in [1.165, 1.54) is 7.11 Å². The summed E-state index contributed by atoms with van der Waals surface area (Å²) >= 11 is 2.90. The van der Waals surface area contributed by atoms with Gasteiger partial charge in [0.1, 0.15) is 4.66 Å². The summed E-state index contributed by atoms with van der Waals surface area (Å²) in [4.78, 5) is 0. The number of sulfonamides is 1. The quantitative estimate of drug-likeness (QED) is 0.815. The largest absolute Gasteiger partial charge is 0.493 e. The molecule has 7 heteroatoms. The molecule has 1 aromatic rings. The highest BCUT2D eigenvalue weighted by Gasteiger charge is 2.10. The van der Waals surface area contributed by atoms with E-state index in [4.69, 9.17) is 9.47 Å². The van der Waals surface area contributed by atoms with Crippen LogP contribution in [0.3, 0.4) is 0 Å². The second kappa shape index (κ2) is 6.11. The molecule has 17 heavy (non-hydrogen) atoms. The van der Waals surface area contributed by atoms with Crippen molar-refractivity contribution in [3.8, 4) is 11.5 Å². The number of ether oxygens (including phenoxy) is 2. The van der Waals surface area contributed by atoms with Crippen molar-refractivity contribution in [1.29, 1.82) is 0 Å². The van der Waals surface area contributed by atoms with Gasteiger partial charge in [-0.05, 0) is 19.1 Å². The Morgan fingerprint density at radius 2 is 2.06 bits per heavy atom. The van der Waals surface area contributed by atoms with E-state index in [0.29, 0.717) is 23.8 Å². The van der Waals surface area contributed by atoms with Crippen LogP contribution in [0.5, 0.6) is 11.5 Å². The van der Waals surface area contributed by atoms with Gasteiger partial charge in [0.2, 0.25) is 10.0 Å². The van der Waals surface area contributed by atoms with Crippen molar-refractivity contribution in [1.82, 2.24) is 0 Å². The molecule has 0 unspecified atom stereocenters. The summed E-state index contributed by atoms with van der Waals surface area (Å²) in [7, 11) is -1.83. The first-order valence-electron chi connectivity index (χ1n) is 4.89. The predicted octanol–water partition coefficient (Wildman–Crippen LogP) is 2.19. The lowest BCUT2D eigenvalue weighted by Gasteiger charge is -2.11. The van der Waals surface area contributed by atoms with E-state index in [1.807, 2.05) is 6.92 Å². The zero-order chi connectivity index (χ0) is 12.9. The van der Waals surface area contributed by atoms with Gasteiger partial charge in [-0.25, -0.2) is 8.42 Å². The fourth-order valence-corrected chi connectivity index (χ4v) is 2.10. The van der Waals surface area contributed by atoms with Crippen LogP contribution in [0.2, 0.25) is 0 Å². The molecule has 0 atom stereocenters. The highest BCUT2D eigenvalue weighted by molar-refractivity contribution is 9.10. The molecule has 0 bridgehead atoms. The van der Waals surface area contributed by atoms with Crippen molar-refractivity contribution < 1.29 is 17.9 Å². The Labute approximate surface area is 109 Å². The van der Waals surface area contributed by atoms with Crippen LogP contribution in [0.1, 0.15) is 6.92 Å². The lowest BCUT2D eigenvalue weighted by molar-refractivity contribution is 0.311. The summed E-state index contributed by atoms with van der Waals surface area (Å²) in [6.07, 6.45) is 0. The molecule has 1 N–H and O–H groups in total. The summed E-state index contributed by atoms with van der Waals surface area (Å²) in [5, 5.41) is 0. The molecule has 0 aliphatic heterocycles. The average Bonchev–Trinajstić information content (AvgIpc) is 2.29. The highest BCUT2D eigenvalue weighted by atomic mass is 79.9. The first kappa shape index (κ1) is 14.1. The highest BCUT2D eigenvalue weighted by Crippen LogP contribution is 2.30. The molecular weight excluding hydrogens is 310 g/mol. The van der Waals surface area contributed by atoms with Gasteiger partial charge in [-0.2, -0.15) is 0 Å². The third kappa shape index (κ3) is 4.08. The van der Waals surface area contributed by atoms with Crippen molar-refractivity contribution in [2.75, 3.05) is 23.1 Å². The van der Waals surface area contributed by atoms with Gasteiger partial charge >= 0.3 is 0 Å². The monoisotopic (exact) mass is 323 g/mol. The summed E-state index contributed by atoms with van der Waals surface area (Å²) in [5.74, 6) is 1.07. The Morgan fingerprint density at radius 1 is 1.35 bits per heavy atom. The number of hydrogen-bond acceptors (Lipinski definition) is 4. The normalized spacial score (nSPS) is 11.0. The Morgan fingerprint density at radius 3 is 2.59 bits per heavy atom. The van der Waals surface area contributed by atoms with Crippen LogP contribution >= 0.6 is 15.9 Å². The second-order valence-electron chi connectivity index (χ2n) is 3.12. The molecular formula is C10H14BrNO4S. The molecule has 1 rings (SSSR count). The molecule has 0 aromatic heterocycles. The minimum Gasteiger partial charge on any atom is -0.493 e. The lowest BCUT2D eigenvalue weighted by atomic mass is 10.3. The Balaban J connectivity index is 3.00. The number of methoxy groups -OCH3 is 1. The molecule has 0 fully saturated rings. The number of anilines is 1. The van der Waals surface area contributed by atoms with Gasteiger partial charge in [0.15, 0.2) is 11.5 Å². The number of halogens is 1. The predicted molar refractivity (Wildman–Crippen MR) is 70.5 cm³/mol. The van der Waals surface area contributed by atoms with E-state index in [-0.39, 0.29) is 4.66 Å². The Kier molecular flexibility index (Phi) is 5.07. The van der Waals surface area contributed by atoms with Crippen LogP contribution in [0.4, 0.5) is 5.69 Å². The smallest absolute Gasteiger partial charge is 0.242 e. The zero-order valence-electron chi connectivity index (χ0n) is 9.57. The van der Waals surface area contributed by atoms with E-state index in [1.54, 1.807) is 18.2 Å². The maximum Gasteiger partial charge on any atom is 0.242 e. The standard InChI is InChI=1S/C10H14BrNO4S/c1-3-16-10-6-8(4-5-9(10)15-2)12-17(13,14)7-11/h4-6,12H,3,7H2,1-2H3. The number of benzene rings is 1. The zero-order valence-corrected chi connectivity index (χ0v) is 12.0. The topological polar surface area (TPSA) is 64.6 Å².